The van der Waals surface area contributed by atoms with Crippen molar-refractivity contribution in [2.24, 2.45) is 0 Å². The molecule has 1 aromatic carbocycles. The summed E-state index contributed by atoms with van der Waals surface area (Å²) >= 11 is 0. The first-order chi connectivity index (χ1) is 12.1. The van der Waals surface area contributed by atoms with Gasteiger partial charge in [-0.3, -0.25) is 0 Å². The molecule has 0 amide bonds. The van der Waals surface area contributed by atoms with Gasteiger partial charge < -0.3 is 18.3 Å². The molecule has 0 aliphatic heterocycles. The summed E-state index contributed by atoms with van der Waals surface area (Å²) in [6, 6.07) is 10.4. The Morgan fingerprint density at radius 3 is 2.64 bits per heavy atom. The van der Waals surface area contributed by atoms with E-state index in [0.29, 0.717) is 5.56 Å². The first kappa shape index (κ1) is 16.5. The molecule has 0 bridgehead atoms. The quantitative estimate of drug-likeness (QED) is 0.655. The number of hydrogen-bond donors (Lipinski definition) is 0. The van der Waals surface area contributed by atoms with Gasteiger partial charge >= 0.3 is 11.9 Å². The van der Waals surface area contributed by atoms with E-state index in [9.17, 15) is 14.0 Å². The van der Waals surface area contributed by atoms with E-state index >= 15 is 0 Å². The number of benzene rings is 1. The molecule has 3 aromatic rings. The molecule has 128 valence electrons. The van der Waals surface area contributed by atoms with Gasteiger partial charge in [-0.2, -0.15) is 0 Å². The molecule has 0 fully saturated rings. The van der Waals surface area contributed by atoms with Crippen molar-refractivity contribution >= 4 is 11.9 Å². The molecule has 2 heterocycles. The maximum Gasteiger partial charge on any atom is 0.374 e. The normalized spacial score (nSPS) is 10.5. The molecule has 0 aliphatic carbocycles. The minimum Gasteiger partial charge on any atom is -0.463 e. The first-order valence-corrected chi connectivity index (χ1v) is 7.26. The summed E-state index contributed by atoms with van der Waals surface area (Å²) < 4.78 is 33.7. The Hall–Kier alpha value is -3.35. The molecular formula is C18H13FO6. The summed E-state index contributed by atoms with van der Waals surface area (Å²) in [7, 11) is 1.22. The lowest BCUT2D eigenvalue weighted by atomic mass is 10.1. The molecule has 7 heteroatoms. The summed E-state index contributed by atoms with van der Waals surface area (Å²) in [6.45, 7) is -0.199. The van der Waals surface area contributed by atoms with Gasteiger partial charge in [-0.15, -0.1) is 0 Å². The van der Waals surface area contributed by atoms with Crippen molar-refractivity contribution in [1.29, 1.82) is 0 Å². The van der Waals surface area contributed by atoms with E-state index in [4.69, 9.17) is 13.6 Å². The lowest BCUT2D eigenvalue weighted by Gasteiger charge is -2.03. The van der Waals surface area contributed by atoms with Crippen LogP contribution in [0.1, 0.15) is 26.7 Å². The highest BCUT2D eigenvalue weighted by Crippen LogP contribution is 2.25. The standard InChI is InChI=1S/C18H13FO6/c1-22-18(21)16-11(8-9-23-16)10-24-17(20)15-7-6-14(25-15)12-4-2-3-5-13(12)19/h2-9H,10H2,1H3. The highest BCUT2D eigenvalue weighted by atomic mass is 19.1. The highest BCUT2D eigenvalue weighted by Gasteiger charge is 2.19. The van der Waals surface area contributed by atoms with Crippen LogP contribution < -0.4 is 0 Å². The van der Waals surface area contributed by atoms with Crippen LogP contribution in [-0.4, -0.2) is 19.0 Å². The SMILES string of the molecule is COC(=O)c1occc1COC(=O)c1ccc(-c2ccccc2F)o1. The summed E-state index contributed by atoms with van der Waals surface area (Å²) in [5, 5.41) is 0. The smallest absolute Gasteiger partial charge is 0.374 e. The van der Waals surface area contributed by atoms with Crippen LogP contribution in [0.4, 0.5) is 4.39 Å². The van der Waals surface area contributed by atoms with Crippen LogP contribution in [0.5, 0.6) is 0 Å². The molecule has 6 nitrogen and oxygen atoms in total. The van der Waals surface area contributed by atoms with Gasteiger partial charge in [-0.05, 0) is 30.3 Å². The average molecular weight is 344 g/mol. The Morgan fingerprint density at radius 2 is 1.88 bits per heavy atom. The monoisotopic (exact) mass is 344 g/mol. The Bertz CT molecular complexity index is 908. The number of carbonyl (C=O) groups excluding carboxylic acids is 2. The Balaban J connectivity index is 1.70. The Kier molecular flexibility index (Phi) is 4.65. The Labute approximate surface area is 141 Å². The van der Waals surface area contributed by atoms with Crippen molar-refractivity contribution in [2.75, 3.05) is 7.11 Å². The third kappa shape index (κ3) is 3.45. The molecule has 25 heavy (non-hydrogen) atoms. The fourth-order valence-electron chi connectivity index (χ4n) is 2.19. The van der Waals surface area contributed by atoms with Crippen LogP contribution in [0.25, 0.3) is 11.3 Å². The van der Waals surface area contributed by atoms with Gasteiger partial charge in [-0.1, -0.05) is 12.1 Å². The highest BCUT2D eigenvalue weighted by molar-refractivity contribution is 5.89. The second-order valence-corrected chi connectivity index (χ2v) is 4.99. The van der Waals surface area contributed by atoms with Gasteiger partial charge in [0.15, 0.2) is 0 Å². The zero-order valence-electron chi connectivity index (χ0n) is 13.2. The summed E-state index contributed by atoms with van der Waals surface area (Å²) in [4.78, 5) is 23.6. The number of methoxy groups -OCH3 is 1. The molecule has 0 saturated carbocycles. The van der Waals surface area contributed by atoms with Gasteiger partial charge in [0, 0.05) is 5.56 Å². The van der Waals surface area contributed by atoms with Crippen LogP contribution in [0, 0.1) is 5.82 Å². The second-order valence-electron chi connectivity index (χ2n) is 4.99. The lowest BCUT2D eigenvalue weighted by molar-refractivity contribution is 0.0422. The largest absolute Gasteiger partial charge is 0.463 e. The van der Waals surface area contributed by atoms with Gasteiger partial charge in [0.2, 0.25) is 11.5 Å². The van der Waals surface area contributed by atoms with Crippen molar-refractivity contribution in [2.45, 2.75) is 6.61 Å². The predicted octanol–water partition coefficient (Wildman–Crippen LogP) is 3.82. The molecule has 0 atom stereocenters. The van der Waals surface area contributed by atoms with Crippen molar-refractivity contribution in [3.63, 3.8) is 0 Å². The maximum atomic E-state index is 13.7. The molecular weight excluding hydrogens is 331 g/mol. The molecule has 2 aromatic heterocycles. The third-order valence-corrected chi connectivity index (χ3v) is 3.42. The molecule has 0 aliphatic rings. The number of esters is 2. The van der Waals surface area contributed by atoms with Crippen LogP contribution >= 0.6 is 0 Å². The lowest BCUT2D eigenvalue weighted by Crippen LogP contribution is -2.07. The van der Waals surface area contributed by atoms with Crippen LogP contribution in [0.3, 0.4) is 0 Å². The Morgan fingerprint density at radius 1 is 1.08 bits per heavy atom. The molecule has 0 unspecified atom stereocenters. The van der Waals surface area contributed by atoms with Crippen molar-refractivity contribution < 1.29 is 32.3 Å². The topological polar surface area (TPSA) is 78.9 Å². The van der Waals surface area contributed by atoms with Crippen molar-refractivity contribution in [3.8, 4) is 11.3 Å². The van der Waals surface area contributed by atoms with Crippen molar-refractivity contribution in [3.05, 3.63) is 71.6 Å². The molecule has 0 radical (unpaired) electrons. The molecule has 3 rings (SSSR count). The number of rotatable bonds is 5. The minimum absolute atomic E-state index is 0.0400. The van der Waals surface area contributed by atoms with E-state index < -0.39 is 17.8 Å². The van der Waals surface area contributed by atoms with Crippen LogP contribution in [-0.2, 0) is 16.1 Å². The first-order valence-electron chi connectivity index (χ1n) is 7.26. The van der Waals surface area contributed by atoms with Gasteiger partial charge in [0.25, 0.3) is 0 Å². The molecule has 0 spiro atoms. The van der Waals surface area contributed by atoms with Crippen molar-refractivity contribution in [1.82, 2.24) is 0 Å². The van der Waals surface area contributed by atoms with E-state index in [2.05, 4.69) is 4.74 Å². The zero-order chi connectivity index (χ0) is 17.8. The predicted molar refractivity (Wildman–Crippen MR) is 83.3 cm³/mol. The summed E-state index contributed by atoms with van der Waals surface area (Å²) in [5.41, 5.74) is 0.602. The number of carbonyl (C=O) groups is 2. The van der Waals surface area contributed by atoms with E-state index in [1.165, 1.54) is 43.7 Å². The van der Waals surface area contributed by atoms with E-state index in [1.54, 1.807) is 12.1 Å². The van der Waals surface area contributed by atoms with E-state index in [-0.39, 0.29) is 29.5 Å². The summed E-state index contributed by atoms with van der Waals surface area (Å²) in [6.07, 6.45) is 1.29. The molecule has 0 saturated heterocycles. The number of halogens is 1. The number of furan rings is 2. The average Bonchev–Trinajstić information content (AvgIpc) is 3.29. The van der Waals surface area contributed by atoms with Crippen LogP contribution in [0.15, 0.2) is 57.6 Å². The van der Waals surface area contributed by atoms with E-state index in [1.807, 2.05) is 0 Å². The molecule has 0 N–H and O–H groups in total. The fourth-order valence-corrected chi connectivity index (χ4v) is 2.19. The zero-order valence-corrected chi connectivity index (χ0v) is 13.2. The van der Waals surface area contributed by atoms with Gasteiger partial charge in [0.1, 0.15) is 18.2 Å². The number of hydrogen-bond acceptors (Lipinski definition) is 6. The summed E-state index contributed by atoms with van der Waals surface area (Å²) in [5.74, 6) is -1.79. The maximum absolute atomic E-state index is 13.7. The second kappa shape index (κ2) is 7.04. The fraction of sp³-hybridized carbons (Fsp3) is 0.111. The third-order valence-electron chi connectivity index (χ3n) is 3.42. The number of ether oxygens (including phenoxy) is 2. The van der Waals surface area contributed by atoms with Gasteiger partial charge in [-0.25, -0.2) is 14.0 Å². The minimum atomic E-state index is -0.750. The van der Waals surface area contributed by atoms with Crippen LogP contribution in [0.2, 0.25) is 0 Å². The van der Waals surface area contributed by atoms with E-state index in [0.717, 1.165) is 0 Å². The van der Waals surface area contributed by atoms with Gasteiger partial charge in [0.05, 0.1) is 18.9 Å².